The quantitative estimate of drug-likeness (QED) is 0.502. The monoisotopic (exact) mass is 420 g/mol. The average Bonchev–Trinajstić information content (AvgIpc) is 3.34. The summed E-state index contributed by atoms with van der Waals surface area (Å²) in [4.78, 5) is 18.8. The molecule has 0 N–H and O–H groups in total. The molecule has 0 saturated carbocycles. The van der Waals surface area contributed by atoms with Crippen LogP contribution in [0.25, 0.3) is 0 Å². The summed E-state index contributed by atoms with van der Waals surface area (Å²) in [6, 6.07) is 11.8. The van der Waals surface area contributed by atoms with E-state index in [0.717, 1.165) is 48.1 Å². The fraction of sp³-hybridized carbons (Fsp3) is 0.304. The summed E-state index contributed by atoms with van der Waals surface area (Å²) in [7, 11) is 0. The highest BCUT2D eigenvalue weighted by Gasteiger charge is 2.19. The van der Waals surface area contributed by atoms with Gasteiger partial charge < -0.3 is 9.64 Å². The Hall–Kier alpha value is -3.06. The van der Waals surface area contributed by atoms with E-state index in [2.05, 4.69) is 25.9 Å². The van der Waals surface area contributed by atoms with Crippen molar-refractivity contribution in [1.82, 2.24) is 18.6 Å². The molecule has 0 radical (unpaired) electrons. The Morgan fingerprint density at radius 1 is 1.07 bits per heavy atom. The lowest BCUT2D eigenvalue weighted by Gasteiger charge is -2.22. The first kappa shape index (κ1) is 20.2. The first-order chi connectivity index (χ1) is 14.8. The first-order valence-corrected chi connectivity index (χ1v) is 10.8. The minimum atomic E-state index is -0.133. The van der Waals surface area contributed by atoms with E-state index in [4.69, 9.17) is 4.74 Å². The Balaban J connectivity index is 1.41. The van der Waals surface area contributed by atoms with E-state index in [-0.39, 0.29) is 5.91 Å². The number of carbonyl (C=O) groups is 1. The number of nitrogens with zero attached hydrogens (tertiary/aromatic N) is 4. The Morgan fingerprint density at radius 3 is 2.50 bits per heavy atom. The Kier molecular flexibility index (Phi) is 6.82. The molecule has 0 spiro atoms. The predicted molar refractivity (Wildman–Crippen MR) is 116 cm³/mol. The van der Waals surface area contributed by atoms with E-state index in [1.807, 2.05) is 36.4 Å². The maximum Gasteiger partial charge on any atom is 0.275 e. The van der Waals surface area contributed by atoms with E-state index in [1.54, 1.807) is 17.3 Å². The molecule has 4 rings (SSSR count). The summed E-state index contributed by atoms with van der Waals surface area (Å²) in [6.07, 6.45) is 12.9. The molecule has 0 bridgehead atoms. The fourth-order valence-electron chi connectivity index (χ4n) is 3.46. The molecule has 7 heteroatoms. The van der Waals surface area contributed by atoms with Crippen LogP contribution in [0.1, 0.15) is 40.9 Å². The van der Waals surface area contributed by atoms with Gasteiger partial charge >= 0.3 is 0 Å². The third kappa shape index (κ3) is 5.51. The molecule has 0 saturated heterocycles. The average molecular weight is 421 g/mol. The van der Waals surface area contributed by atoms with Crippen LogP contribution in [0.3, 0.4) is 0 Å². The highest BCUT2D eigenvalue weighted by molar-refractivity contribution is 6.99. The van der Waals surface area contributed by atoms with Crippen molar-refractivity contribution in [3.8, 4) is 5.75 Å². The second-order valence-electron chi connectivity index (χ2n) is 7.41. The van der Waals surface area contributed by atoms with Crippen molar-refractivity contribution < 1.29 is 9.53 Å². The zero-order valence-corrected chi connectivity index (χ0v) is 17.5. The molecule has 0 fully saturated rings. The second kappa shape index (κ2) is 10.1. The van der Waals surface area contributed by atoms with Gasteiger partial charge in [0, 0.05) is 25.5 Å². The SMILES string of the molecule is O=C(c1cnsn1)N(Cc1ccncc1)Cc1ccc(OCC2CC=CCC2)cc1. The van der Waals surface area contributed by atoms with Gasteiger partial charge in [-0.3, -0.25) is 9.78 Å². The van der Waals surface area contributed by atoms with Crippen molar-refractivity contribution in [2.45, 2.75) is 32.4 Å². The van der Waals surface area contributed by atoms with Gasteiger partial charge in [0.05, 0.1) is 24.5 Å². The molecular formula is C23H24N4O2S. The standard InChI is InChI=1S/C23H24N4O2S/c28-23(22-14-25-30-26-22)27(16-19-10-12-24-13-11-19)15-18-6-8-21(9-7-18)29-17-20-4-2-1-3-5-20/h1-2,6-14,20H,3-5,15-17H2. The van der Waals surface area contributed by atoms with Gasteiger partial charge in [-0.15, -0.1) is 0 Å². The summed E-state index contributed by atoms with van der Waals surface area (Å²) in [5, 5.41) is 0. The van der Waals surface area contributed by atoms with Gasteiger partial charge in [0.1, 0.15) is 5.75 Å². The van der Waals surface area contributed by atoms with E-state index in [1.165, 1.54) is 12.6 Å². The molecule has 3 aromatic rings. The minimum absolute atomic E-state index is 0.133. The van der Waals surface area contributed by atoms with Crippen LogP contribution in [0.15, 0.2) is 67.1 Å². The third-order valence-corrected chi connectivity index (χ3v) is 5.63. The number of aromatic nitrogens is 3. The lowest BCUT2D eigenvalue weighted by atomic mass is 9.95. The third-order valence-electron chi connectivity index (χ3n) is 5.15. The van der Waals surface area contributed by atoms with Gasteiger partial charge in [0.15, 0.2) is 5.69 Å². The van der Waals surface area contributed by atoms with Crippen LogP contribution in [-0.4, -0.2) is 31.1 Å². The van der Waals surface area contributed by atoms with Gasteiger partial charge in [0.2, 0.25) is 0 Å². The Morgan fingerprint density at radius 2 is 1.83 bits per heavy atom. The maximum absolute atomic E-state index is 12.9. The van der Waals surface area contributed by atoms with Crippen LogP contribution in [0.4, 0.5) is 0 Å². The molecular weight excluding hydrogens is 396 g/mol. The Labute approximate surface area is 180 Å². The molecule has 30 heavy (non-hydrogen) atoms. The summed E-state index contributed by atoms with van der Waals surface area (Å²) in [5.41, 5.74) is 2.42. The van der Waals surface area contributed by atoms with Crippen molar-refractivity contribution >= 4 is 17.6 Å². The fourth-order valence-corrected chi connectivity index (χ4v) is 3.87. The van der Waals surface area contributed by atoms with Gasteiger partial charge in [-0.25, -0.2) is 0 Å². The van der Waals surface area contributed by atoms with E-state index < -0.39 is 0 Å². The summed E-state index contributed by atoms with van der Waals surface area (Å²) in [6.45, 7) is 1.70. The number of allylic oxidation sites excluding steroid dienone is 2. The lowest BCUT2D eigenvalue weighted by Crippen LogP contribution is -2.30. The molecule has 1 aromatic carbocycles. The topological polar surface area (TPSA) is 68.2 Å². The number of rotatable bonds is 8. The normalized spacial score (nSPS) is 15.7. The summed E-state index contributed by atoms with van der Waals surface area (Å²) in [5.74, 6) is 1.32. The largest absolute Gasteiger partial charge is 0.493 e. The lowest BCUT2D eigenvalue weighted by molar-refractivity contribution is 0.0725. The molecule has 1 aliphatic rings. The van der Waals surface area contributed by atoms with Crippen molar-refractivity contribution in [3.05, 3.63) is 84.0 Å². The van der Waals surface area contributed by atoms with Crippen molar-refractivity contribution in [2.75, 3.05) is 6.61 Å². The first-order valence-electron chi connectivity index (χ1n) is 10.1. The molecule has 2 heterocycles. The van der Waals surface area contributed by atoms with Gasteiger partial charge in [-0.2, -0.15) is 8.75 Å². The summed E-state index contributed by atoms with van der Waals surface area (Å²) >= 11 is 1.04. The number of hydrogen-bond donors (Lipinski definition) is 0. The molecule has 6 nitrogen and oxygen atoms in total. The van der Waals surface area contributed by atoms with Gasteiger partial charge in [-0.1, -0.05) is 24.3 Å². The number of hydrogen-bond acceptors (Lipinski definition) is 6. The molecule has 1 atom stereocenters. The zero-order valence-electron chi connectivity index (χ0n) is 16.7. The highest BCUT2D eigenvalue weighted by atomic mass is 32.1. The van der Waals surface area contributed by atoms with Crippen molar-refractivity contribution in [2.24, 2.45) is 5.92 Å². The van der Waals surface area contributed by atoms with E-state index >= 15 is 0 Å². The number of pyridine rings is 1. The van der Waals surface area contributed by atoms with Crippen LogP contribution in [-0.2, 0) is 13.1 Å². The van der Waals surface area contributed by atoms with Crippen LogP contribution in [0.5, 0.6) is 5.75 Å². The number of carbonyl (C=O) groups excluding carboxylic acids is 1. The smallest absolute Gasteiger partial charge is 0.275 e. The molecule has 0 aliphatic heterocycles. The summed E-state index contributed by atoms with van der Waals surface area (Å²) < 4.78 is 14.0. The minimum Gasteiger partial charge on any atom is -0.493 e. The second-order valence-corrected chi connectivity index (χ2v) is 7.97. The number of amides is 1. The van der Waals surface area contributed by atoms with Crippen molar-refractivity contribution in [3.63, 3.8) is 0 Å². The van der Waals surface area contributed by atoms with E-state index in [0.29, 0.717) is 24.7 Å². The van der Waals surface area contributed by atoms with E-state index in [9.17, 15) is 4.79 Å². The van der Waals surface area contributed by atoms with Gasteiger partial charge in [0.25, 0.3) is 5.91 Å². The molecule has 1 aliphatic carbocycles. The predicted octanol–water partition coefficient (Wildman–Crippen LogP) is 4.51. The number of ether oxygens (including phenoxy) is 1. The van der Waals surface area contributed by atoms with Crippen LogP contribution in [0.2, 0.25) is 0 Å². The molecule has 1 amide bonds. The van der Waals surface area contributed by atoms with Crippen LogP contribution < -0.4 is 4.74 Å². The van der Waals surface area contributed by atoms with Crippen molar-refractivity contribution in [1.29, 1.82) is 0 Å². The zero-order chi connectivity index (χ0) is 20.6. The van der Waals surface area contributed by atoms with Crippen LogP contribution >= 0.6 is 11.7 Å². The number of benzene rings is 1. The molecule has 1 unspecified atom stereocenters. The maximum atomic E-state index is 12.9. The Bertz CT molecular complexity index is 959. The highest BCUT2D eigenvalue weighted by Crippen LogP contribution is 2.21. The van der Waals surface area contributed by atoms with Gasteiger partial charge in [-0.05, 0) is 60.6 Å². The molecule has 154 valence electrons. The molecule has 2 aromatic heterocycles. The van der Waals surface area contributed by atoms with Crippen LogP contribution in [0, 0.1) is 5.92 Å².